The monoisotopic (exact) mass is 228 g/mol. The summed E-state index contributed by atoms with van der Waals surface area (Å²) in [7, 11) is 0. The third kappa shape index (κ3) is 1.80. The first-order valence-electron chi connectivity index (χ1n) is 3.88. The van der Waals surface area contributed by atoms with Crippen LogP contribution in [-0.4, -0.2) is 0 Å². The van der Waals surface area contributed by atoms with Gasteiger partial charge < -0.3 is 0 Å². The smallest absolute Gasteiger partial charge is 0.203 e. The zero-order valence-corrected chi connectivity index (χ0v) is 7.77. The largest absolute Gasteiger partial charge is 0.276 e. The highest BCUT2D eigenvalue weighted by molar-refractivity contribution is 5.31. The van der Waals surface area contributed by atoms with Crippen LogP contribution < -0.4 is 0 Å². The first-order valence-corrected chi connectivity index (χ1v) is 3.88. The van der Waals surface area contributed by atoms with E-state index in [9.17, 15) is 26.3 Å². The molecular formula is C9H6F6. The molecule has 0 nitrogen and oxygen atoms in total. The molecule has 6 heteroatoms. The van der Waals surface area contributed by atoms with Crippen molar-refractivity contribution in [3.05, 3.63) is 34.4 Å². The number of alkyl halides is 2. The predicted octanol–water partition coefficient (Wildman–Crippen LogP) is 3.66. The molecule has 0 N–H and O–H groups in total. The third-order valence-corrected chi connectivity index (χ3v) is 1.92. The summed E-state index contributed by atoms with van der Waals surface area (Å²) < 4.78 is 76.9. The highest BCUT2D eigenvalue weighted by Crippen LogP contribution is 2.35. The summed E-state index contributed by atoms with van der Waals surface area (Å²) in [6, 6.07) is 0. The van der Waals surface area contributed by atoms with E-state index in [-0.39, 0.29) is 6.92 Å². The second kappa shape index (κ2) is 3.43. The van der Waals surface area contributed by atoms with Gasteiger partial charge in [0.1, 0.15) is 0 Å². The molecule has 0 saturated heterocycles. The second-order valence-electron chi connectivity index (χ2n) is 3.14. The Morgan fingerprint density at radius 1 is 0.800 bits per heavy atom. The Labute approximate surface area is 81.5 Å². The topological polar surface area (TPSA) is 0 Å². The first kappa shape index (κ1) is 11.9. The van der Waals surface area contributed by atoms with Gasteiger partial charge in [0.15, 0.2) is 23.3 Å². The van der Waals surface area contributed by atoms with E-state index in [2.05, 4.69) is 0 Å². The van der Waals surface area contributed by atoms with Gasteiger partial charge in [-0.05, 0) is 6.92 Å². The van der Waals surface area contributed by atoms with Crippen LogP contribution in [0.4, 0.5) is 26.3 Å². The van der Waals surface area contributed by atoms with Gasteiger partial charge in [-0.15, -0.1) is 0 Å². The fourth-order valence-electron chi connectivity index (χ4n) is 1.13. The molecule has 1 aromatic carbocycles. The molecule has 0 fully saturated rings. The van der Waals surface area contributed by atoms with E-state index >= 15 is 0 Å². The molecular weight excluding hydrogens is 222 g/mol. The van der Waals surface area contributed by atoms with Crippen molar-refractivity contribution in [2.45, 2.75) is 19.8 Å². The summed E-state index contributed by atoms with van der Waals surface area (Å²) in [6.07, 6.45) is 0. The SMILES string of the molecule is Cc1c(F)c(F)c(C(C)(F)F)c(F)c1F. The molecule has 0 aliphatic heterocycles. The molecule has 0 aliphatic rings. The minimum absolute atomic E-state index is 0.155. The standard InChI is InChI=1S/C9H6F6/c1-3-5(10)7(12)4(9(2,14)15)8(13)6(3)11/h1-2H3. The summed E-state index contributed by atoms with van der Waals surface area (Å²) in [6.45, 7) is 0.914. The van der Waals surface area contributed by atoms with Crippen LogP contribution in [0.5, 0.6) is 0 Å². The molecule has 0 amide bonds. The maximum Gasteiger partial charge on any atom is 0.276 e. The van der Waals surface area contributed by atoms with Gasteiger partial charge in [-0.2, -0.15) is 0 Å². The summed E-state index contributed by atoms with van der Waals surface area (Å²) in [4.78, 5) is 0. The Balaban J connectivity index is 3.68. The van der Waals surface area contributed by atoms with Crippen LogP contribution in [0, 0.1) is 30.2 Å². The van der Waals surface area contributed by atoms with Crippen molar-refractivity contribution < 1.29 is 26.3 Å². The number of benzene rings is 1. The fourth-order valence-corrected chi connectivity index (χ4v) is 1.13. The Morgan fingerprint density at radius 2 is 1.13 bits per heavy atom. The fraction of sp³-hybridized carbons (Fsp3) is 0.333. The van der Waals surface area contributed by atoms with Crippen LogP contribution in [0.3, 0.4) is 0 Å². The van der Waals surface area contributed by atoms with E-state index < -0.39 is 40.3 Å². The van der Waals surface area contributed by atoms with Crippen molar-refractivity contribution in [2.75, 3.05) is 0 Å². The molecule has 1 rings (SSSR count). The van der Waals surface area contributed by atoms with Crippen LogP contribution in [0.25, 0.3) is 0 Å². The van der Waals surface area contributed by atoms with Crippen LogP contribution >= 0.6 is 0 Å². The van der Waals surface area contributed by atoms with Gasteiger partial charge in [-0.1, -0.05) is 0 Å². The lowest BCUT2D eigenvalue weighted by Gasteiger charge is -2.14. The predicted molar refractivity (Wildman–Crippen MR) is 40.6 cm³/mol. The summed E-state index contributed by atoms with van der Waals surface area (Å²) in [5.74, 6) is -11.7. The lowest BCUT2D eigenvalue weighted by Crippen LogP contribution is -2.17. The molecule has 15 heavy (non-hydrogen) atoms. The second-order valence-corrected chi connectivity index (χ2v) is 3.14. The van der Waals surface area contributed by atoms with Crippen molar-refractivity contribution in [3.8, 4) is 0 Å². The summed E-state index contributed by atoms with van der Waals surface area (Å²) >= 11 is 0. The average molecular weight is 228 g/mol. The zero-order chi connectivity index (χ0) is 12.0. The molecule has 84 valence electrons. The molecule has 0 bridgehead atoms. The molecule has 0 aliphatic carbocycles. The van der Waals surface area contributed by atoms with E-state index in [0.29, 0.717) is 0 Å². The number of hydrogen-bond donors (Lipinski definition) is 0. The number of rotatable bonds is 1. The van der Waals surface area contributed by atoms with Crippen molar-refractivity contribution in [3.63, 3.8) is 0 Å². The van der Waals surface area contributed by atoms with Crippen LogP contribution in [0.1, 0.15) is 18.1 Å². The van der Waals surface area contributed by atoms with Crippen LogP contribution in [0.2, 0.25) is 0 Å². The first-order chi connectivity index (χ1) is 6.68. The van der Waals surface area contributed by atoms with E-state index in [1.54, 1.807) is 0 Å². The lowest BCUT2D eigenvalue weighted by molar-refractivity contribution is 0.00820. The Bertz CT molecular complexity index is 375. The Morgan fingerprint density at radius 3 is 1.40 bits per heavy atom. The van der Waals surface area contributed by atoms with Crippen molar-refractivity contribution in [1.29, 1.82) is 0 Å². The van der Waals surface area contributed by atoms with Gasteiger partial charge >= 0.3 is 0 Å². The van der Waals surface area contributed by atoms with Gasteiger partial charge in [0.25, 0.3) is 5.92 Å². The van der Waals surface area contributed by atoms with Crippen molar-refractivity contribution in [2.24, 2.45) is 0 Å². The van der Waals surface area contributed by atoms with E-state index in [1.165, 1.54) is 0 Å². The molecule has 0 unspecified atom stereocenters. The summed E-state index contributed by atoms with van der Waals surface area (Å²) in [5, 5.41) is 0. The number of hydrogen-bond acceptors (Lipinski definition) is 0. The van der Waals surface area contributed by atoms with Crippen molar-refractivity contribution in [1.82, 2.24) is 0 Å². The average Bonchev–Trinajstić information content (AvgIpc) is 2.09. The van der Waals surface area contributed by atoms with Gasteiger partial charge in [-0.3, -0.25) is 0 Å². The van der Waals surface area contributed by atoms with Crippen molar-refractivity contribution >= 4 is 0 Å². The van der Waals surface area contributed by atoms with Gasteiger partial charge in [0, 0.05) is 12.5 Å². The minimum Gasteiger partial charge on any atom is -0.203 e. The minimum atomic E-state index is -3.98. The van der Waals surface area contributed by atoms with Crippen LogP contribution in [-0.2, 0) is 5.92 Å². The van der Waals surface area contributed by atoms with Crippen LogP contribution in [0.15, 0.2) is 0 Å². The molecule has 1 aromatic rings. The molecule has 0 aromatic heterocycles. The molecule has 0 atom stereocenters. The Kier molecular flexibility index (Phi) is 2.71. The molecule has 0 saturated carbocycles. The quantitative estimate of drug-likeness (QED) is 0.508. The zero-order valence-electron chi connectivity index (χ0n) is 7.77. The Hall–Kier alpha value is -1.20. The highest BCUT2D eigenvalue weighted by atomic mass is 19.3. The lowest BCUT2D eigenvalue weighted by atomic mass is 10.0. The highest BCUT2D eigenvalue weighted by Gasteiger charge is 2.37. The third-order valence-electron chi connectivity index (χ3n) is 1.92. The molecule has 0 spiro atoms. The van der Waals surface area contributed by atoms with Gasteiger partial charge in [0.2, 0.25) is 0 Å². The molecule has 0 heterocycles. The normalized spacial score (nSPS) is 12.0. The van der Waals surface area contributed by atoms with Gasteiger partial charge in [-0.25, -0.2) is 26.3 Å². The summed E-state index contributed by atoms with van der Waals surface area (Å²) in [5.41, 5.74) is -2.85. The maximum atomic E-state index is 12.9. The van der Waals surface area contributed by atoms with E-state index in [0.717, 1.165) is 6.92 Å². The molecule has 0 radical (unpaired) electrons. The van der Waals surface area contributed by atoms with E-state index in [4.69, 9.17) is 0 Å². The number of halogens is 6. The maximum absolute atomic E-state index is 12.9. The van der Waals surface area contributed by atoms with E-state index in [1.807, 2.05) is 0 Å². The van der Waals surface area contributed by atoms with Gasteiger partial charge in [0.05, 0.1) is 5.56 Å².